The summed E-state index contributed by atoms with van der Waals surface area (Å²) in [7, 11) is 0. The molecule has 1 aromatic carbocycles. The fourth-order valence-corrected chi connectivity index (χ4v) is 8.30. The second kappa shape index (κ2) is 8.62. The van der Waals surface area contributed by atoms with Crippen molar-refractivity contribution in [2.75, 3.05) is 13.2 Å². The van der Waals surface area contributed by atoms with Crippen molar-refractivity contribution >= 4 is 29.5 Å². The highest BCUT2D eigenvalue weighted by molar-refractivity contribution is 8.02. The molecule has 33 heavy (non-hydrogen) atoms. The molecule has 2 unspecified atom stereocenters. The van der Waals surface area contributed by atoms with E-state index >= 15 is 0 Å². The number of amides is 3. The van der Waals surface area contributed by atoms with E-state index in [4.69, 9.17) is 0 Å². The van der Waals surface area contributed by atoms with E-state index in [0.29, 0.717) is 19.5 Å². The second-order valence-electron chi connectivity index (χ2n) is 10.8. The molecule has 0 saturated carbocycles. The van der Waals surface area contributed by atoms with Crippen molar-refractivity contribution < 1.29 is 19.5 Å². The Morgan fingerprint density at radius 2 is 1.88 bits per heavy atom. The summed E-state index contributed by atoms with van der Waals surface area (Å²) in [6, 6.07) is 9.09. The first-order valence-electron chi connectivity index (χ1n) is 11.8. The van der Waals surface area contributed by atoms with Gasteiger partial charge in [0.05, 0.1) is 16.6 Å². The summed E-state index contributed by atoms with van der Waals surface area (Å²) in [5.74, 6) is -1.44. The lowest BCUT2D eigenvalue weighted by molar-refractivity contribution is -0.141. The maximum Gasteiger partial charge on any atom is 0.244 e. The summed E-state index contributed by atoms with van der Waals surface area (Å²) in [5.41, 5.74) is 0.570. The minimum absolute atomic E-state index is 0.0547. The van der Waals surface area contributed by atoms with Gasteiger partial charge in [-0.15, -0.1) is 11.8 Å². The Bertz CT molecular complexity index is 933. The van der Waals surface area contributed by atoms with Crippen molar-refractivity contribution in [2.45, 2.75) is 74.6 Å². The molecule has 3 aliphatic rings. The number of benzene rings is 1. The Labute approximate surface area is 200 Å². The minimum atomic E-state index is -0.639. The zero-order valence-corrected chi connectivity index (χ0v) is 20.7. The SMILES string of the molecule is CC(C)(C)NC(=O)C1N(CCCO)C(=O)[C@@H]2[C@H](C(=O)NCc3ccccc3)[C@]3(C)CCC12S3. The average molecular weight is 474 g/mol. The van der Waals surface area contributed by atoms with Crippen LogP contribution in [0.1, 0.15) is 52.5 Å². The largest absolute Gasteiger partial charge is 0.396 e. The Morgan fingerprint density at radius 3 is 2.52 bits per heavy atom. The number of nitrogens with one attached hydrogen (secondary N) is 2. The molecule has 3 amide bonds. The number of rotatable bonds is 7. The number of fused-ring (bicyclic) bond motifs is 1. The van der Waals surface area contributed by atoms with E-state index in [-0.39, 0.29) is 29.1 Å². The predicted octanol–water partition coefficient (Wildman–Crippen LogP) is 2.08. The van der Waals surface area contributed by atoms with Crippen LogP contribution in [0.2, 0.25) is 0 Å². The van der Waals surface area contributed by atoms with Crippen molar-refractivity contribution in [2.24, 2.45) is 11.8 Å². The molecule has 4 rings (SSSR count). The summed E-state index contributed by atoms with van der Waals surface area (Å²) in [6.45, 7) is 8.51. The highest BCUT2D eigenvalue weighted by Crippen LogP contribution is 2.71. The second-order valence-corrected chi connectivity index (χ2v) is 12.7. The topological polar surface area (TPSA) is 98.7 Å². The number of thioether (sulfide) groups is 1. The van der Waals surface area contributed by atoms with E-state index in [2.05, 4.69) is 17.6 Å². The van der Waals surface area contributed by atoms with Crippen LogP contribution >= 0.6 is 11.8 Å². The molecule has 8 heteroatoms. The quantitative estimate of drug-likeness (QED) is 0.563. The van der Waals surface area contributed by atoms with Crippen LogP contribution in [0.15, 0.2) is 30.3 Å². The van der Waals surface area contributed by atoms with Crippen molar-refractivity contribution in [3.8, 4) is 0 Å². The van der Waals surface area contributed by atoms with Crippen LogP contribution in [0, 0.1) is 11.8 Å². The number of carbonyl (C=O) groups excluding carboxylic acids is 3. The number of hydrogen-bond donors (Lipinski definition) is 3. The molecule has 2 bridgehead atoms. The molecular formula is C25H35N3O4S. The third-order valence-corrected chi connectivity index (χ3v) is 9.16. The Kier molecular flexibility index (Phi) is 6.29. The van der Waals surface area contributed by atoms with Gasteiger partial charge in [0.2, 0.25) is 17.7 Å². The van der Waals surface area contributed by atoms with E-state index in [1.807, 2.05) is 51.1 Å². The Balaban J connectivity index is 1.64. The third kappa shape index (κ3) is 4.16. The van der Waals surface area contributed by atoms with Crippen LogP contribution in [0.25, 0.3) is 0 Å². The molecule has 0 radical (unpaired) electrons. The number of aliphatic hydroxyl groups excluding tert-OH is 1. The van der Waals surface area contributed by atoms with Gasteiger partial charge in [-0.3, -0.25) is 14.4 Å². The van der Waals surface area contributed by atoms with Gasteiger partial charge in [-0.05, 0) is 52.5 Å². The summed E-state index contributed by atoms with van der Waals surface area (Å²) < 4.78 is -1.00. The molecule has 1 aromatic rings. The number of aliphatic hydroxyl groups is 1. The van der Waals surface area contributed by atoms with Crippen LogP contribution in [0.5, 0.6) is 0 Å². The number of carbonyl (C=O) groups is 3. The number of likely N-dealkylation sites (tertiary alicyclic amines) is 1. The summed E-state index contributed by atoms with van der Waals surface area (Å²) in [5, 5.41) is 15.5. The van der Waals surface area contributed by atoms with Crippen molar-refractivity contribution in [3.63, 3.8) is 0 Å². The first-order valence-corrected chi connectivity index (χ1v) is 12.6. The van der Waals surface area contributed by atoms with E-state index < -0.39 is 28.2 Å². The van der Waals surface area contributed by atoms with E-state index in [1.54, 1.807) is 16.7 Å². The summed E-state index contributed by atoms with van der Waals surface area (Å²) in [4.78, 5) is 42.4. The number of hydrogen-bond acceptors (Lipinski definition) is 5. The van der Waals surface area contributed by atoms with E-state index in [1.165, 1.54) is 0 Å². The molecule has 0 aliphatic carbocycles. The molecule has 3 aliphatic heterocycles. The van der Waals surface area contributed by atoms with Gasteiger partial charge >= 0.3 is 0 Å². The summed E-state index contributed by atoms with van der Waals surface area (Å²) in [6.07, 6.45) is 1.92. The summed E-state index contributed by atoms with van der Waals surface area (Å²) >= 11 is 1.67. The fourth-order valence-electron chi connectivity index (χ4n) is 5.94. The molecule has 5 atom stereocenters. The van der Waals surface area contributed by atoms with Gasteiger partial charge in [0.1, 0.15) is 6.04 Å². The fraction of sp³-hybridized carbons (Fsp3) is 0.640. The molecule has 3 fully saturated rings. The average Bonchev–Trinajstić information content (AvgIpc) is 3.31. The zero-order valence-electron chi connectivity index (χ0n) is 19.9. The minimum Gasteiger partial charge on any atom is -0.396 e. The maximum atomic E-state index is 13.8. The van der Waals surface area contributed by atoms with Gasteiger partial charge in [-0.2, -0.15) is 0 Å². The lowest BCUT2D eigenvalue weighted by Crippen LogP contribution is -2.57. The monoisotopic (exact) mass is 473 g/mol. The predicted molar refractivity (Wildman–Crippen MR) is 128 cm³/mol. The third-order valence-electron chi connectivity index (χ3n) is 7.17. The lowest BCUT2D eigenvalue weighted by Gasteiger charge is -2.36. The van der Waals surface area contributed by atoms with Crippen LogP contribution in [0.4, 0.5) is 0 Å². The normalized spacial score (nSPS) is 32.7. The van der Waals surface area contributed by atoms with E-state index in [0.717, 1.165) is 18.4 Å². The molecule has 3 saturated heterocycles. The van der Waals surface area contributed by atoms with Crippen LogP contribution in [0.3, 0.4) is 0 Å². The molecule has 180 valence electrons. The van der Waals surface area contributed by atoms with Crippen LogP contribution in [-0.4, -0.2) is 62.0 Å². The van der Waals surface area contributed by atoms with Gasteiger partial charge in [-0.25, -0.2) is 0 Å². The number of nitrogens with zero attached hydrogens (tertiary/aromatic N) is 1. The Hall–Kier alpha value is -2.06. The highest BCUT2D eigenvalue weighted by atomic mass is 32.2. The van der Waals surface area contributed by atoms with Crippen LogP contribution in [-0.2, 0) is 20.9 Å². The lowest BCUT2D eigenvalue weighted by atomic mass is 9.66. The molecular weight excluding hydrogens is 438 g/mol. The highest BCUT2D eigenvalue weighted by Gasteiger charge is 2.77. The molecule has 7 nitrogen and oxygen atoms in total. The van der Waals surface area contributed by atoms with Gasteiger partial charge in [-0.1, -0.05) is 30.3 Å². The first kappa shape index (κ1) is 24.1. The Morgan fingerprint density at radius 1 is 1.18 bits per heavy atom. The van der Waals surface area contributed by atoms with Gasteiger partial charge < -0.3 is 20.6 Å². The molecule has 3 N–H and O–H groups in total. The van der Waals surface area contributed by atoms with E-state index in [9.17, 15) is 19.5 Å². The smallest absolute Gasteiger partial charge is 0.244 e. The molecule has 3 heterocycles. The van der Waals surface area contributed by atoms with Crippen molar-refractivity contribution in [1.82, 2.24) is 15.5 Å². The zero-order chi connectivity index (χ0) is 24.0. The van der Waals surface area contributed by atoms with Crippen molar-refractivity contribution in [1.29, 1.82) is 0 Å². The first-order chi connectivity index (χ1) is 15.5. The molecule has 0 aromatic heterocycles. The van der Waals surface area contributed by atoms with Crippen molar-refractivity contribution in [3.05, 3.63) is 35.9 Å². The van der Waals surface area contributed by atoms with Gasteiger partial charge in [0, 0.05) is 30.0 Å². The standard InChI is InChI=1S/C25H35N3O4S/c1-23(2,3)27-21(31)19-25-12-11-24(4,33-25)17(18(25)22(32)28(19)13-8-14-29)20(30)26-15-16-9-6-5-7-10-16/h5-7,9-10,17-19,29H,8,11-15H2,1-4H3,(H,26,30)(H,27,31)/t17-,18+,19?,24+,25?/m1/s1. The van der Waals surface area contributed by atoms with Gasteiger partial charge in [0.25, 0.3) is 0 Å². The molecule has 1 spiro atoms. The maximum absolute atomic E-state index is 13.8. The van der Waals surface area contributed by atoms with Crippen LogP contribution < -0.4 is 10.6 Å². The van der Waals surface area contributed by atoms with Gasteiger partial charge in [0.15, 0.2) is 0 Å².